The Balaban J connectivity index is 1.61. The summed E-state index contributed by atoms with van der Waals surface area (Å²) in [5.74, 6) is 0.681. The van der Waals surface area contributed by atoms with E-state index in [0.29, 0.717) is 37.8 Å². The molecule has 0 aromatic carbocycles. The quantitative estimate of drug-likeness (QED) is 0.887. The number of pyridine rings is 1. The highest BCUT2D eigenvalue weighted by Gasteiger charge is 2.23. The maximum absolute atomic E-state index is 12.1. The molecule has 1 saturated heterocycles. The first-order valence-corrected chi connectivity index (χ1v) is 8.40. The second kappa shape index (κ2) is 6.57. The van der Waals surface area contributed by atoms with Crippen LogP contribution in [0.1, 0.15) is 5.56 Å². The highest BCUT2D eigenvalue weighted by Crippen LogP contribution is 2.17. The Morgan fingerprint density at radius 2 is 2.05 bits per heavy atom. The van der Waals surface area contributed by atoms with E-state index in [9.17, 15) is 8.42 Å². The molecule has 22 heavy (non-hydrogen) atoms. The van der Waals surface area contributed by atoms with Crippen LogP contribution >= 0.6 is 0 Å². The summed E-state index contributed by atoms with van der Waals surface area (Å²) >= 11 is 0. The Hall–Kier alpha value is -1.74. The van der Waals surface area contributed by atoms with Crippen molar-refractivity contribution in [1.29, 1.82) is 0 Å². The van der Waals surface area contributed by atoms with Crippen molar-refractivity contribution in [1.82, 2.24) is 14.0 Å². The van der Waals surface area contributed by atoms with Gasteiger partial charge < -0.3 is 9.15 Å². The van der Waals surface area contributed by atoms with Crippen LogP contribution < -0.4 is 4.72 Å². The topological polar surface area (TPSA) is 84.7 Å². The van der Waals surface area contributed by atoms with E-state index in [1.54, 1.807) is 24.6 Å². The van der Waals surface area contributed by atoms with Gasteiger partial charge in [0.15, 0.2) is 5.76 Å². The minimum atomic E-state index is -3.48. The van der Waals surface area contributed by atoms with E-state index in [1.807, 2.05) is 12.1 Å². The molecule has 3 rings (SSSR count). The third-order valence-corrected chi connectivity index (χ3v) is 4.92. The molecule has 1 N–H and O–H groups in total. The first kappa shape index (κ1) is 15.2. The summed E-state index contributed by atoms with van der Waals surface area (Å²) in [4.78, 5) is 4.27. The summed E-state index contributed by atoms with van der Waals surface area (Å²) in [6.45, 7) is 1.82. The molecule has 8 heteroatoms. The average molecular weight is 323 g/mol. The van der Waals surface area contributed by atoms with E-state index in [2.05, 4.69) is 9.71 Å². The van der Waals surface area contributed by atoms with Crippen LogP contribution in [-0.4, -0.2) is 44.0 Å². The summed E-state index contributed by atoms with van der Waals surface area (Å²) < 4.78 is 38.7. The van der Waals surface area contributed by atoms with Gasteiger partial charge in [0.05, 0.1) is 19.5 Å². The lowest BCUT2D eigenvalue weighted by atomic mass is 10.2. The zero-order valence-corrected chi connectivity index (χ0v) is 12.8. The minimum Gasteiger partial charge on any atom is -0.463 e. The van der Waals surface area contributed by atoms with Gasteiger partial charge in [0.2, 0.25) is 0 Å². The van der Waals surface area contributed by atoms with Crippen LogP contribution in [0.15, 0.2) is 41.1 Å². The molecule has 0 radical (unpaired) electrons. The second-order valence-corrected chi connectivity index (χ2v) is 6.62. The summed E-state index contributed by atoms with van der Waals surface area (Å²) in [5, 5.41) is 0. The Morgan fingerprint density at radius 1 is 1.23 bits per heavy atom. The van der Waals surface area contributed by atoms with Crippen molar-refractivity contribution in [3.8, 4) is 11.5 Å². The van der Waals surface area contributed by atoms with Gasteiger partial charge in [-0.15, -0.1) is 0 Å². The number of morpholine rings is 1. The molecule has 3 heterocycles. The molecule has 0 saturated carbocycles. The summed E-state index contributed by atoms with van der Waals surface area (Å²) in [5.41, 5.74) is 1.50. The van der Waals surface area contributed by atoms with Gasteiger partial charge in [0.1, 0.15) is 5.69 Å². The fraction of sp³-hybridized carbons (Fsp3) is 0.357. The first-order valence-electron chi connectivity index (χ1n) is 6.96. The molecule has 2 aromatic rings. The average Bonchev–Trinajstić information content (AvgIpc) is 3.09. The summed E-state index contributed by atoms with van der Waals surface area (Å²) in [6.07, 6.45) is 3.22. The number of aromatic nitrogens is 1. The molecule has 1 aliphatic heterocycles. The Bertz CT molecular complexity index is 692. The number of ether oxygens (including phenoxy) is 1. The fourth-order valence-electron chi connectivity index (χ4n) is 2.15. The van der Waals surface area contributed by atoms with Crippen LogP contribution in [0.2, 0.25) is 0 Å². The van der Waals surface area contributed by atoms with Gasteiger partial charge in [-0.1, -0.05) is 6.07 Å². The molecule has 0 unspecified atom stereocenters. The van der Waals surface area contributed by atoms with Crippen LogP contribution in [0.25, 0.3) is 11.5 Å². The Kier molecular flexibility index (Phi) is 4.53. The molecule has 118 valence electrons. The van der Waals surface area contributed by atoms with Crippen molar-refractivity contribution >= 4 is 10.2 Å². The van der Waals surface area contributed by atoms with E-state index < -0.39 is 10.2 Å². The first-order chi connectivity index (χ1) is 10.6. The highest BCUT2D eigenvalue weighted by molar-refractivity contribution is 7.87. The number of rotatable bonds is 5. The SMILES string of the molecule is O=S(=O)(NCc1ccc(-c2ccco2)nc1)N1CCOCC1. The van der Waals surface area contributed by atoms with Crippen molar-refractivity contribution in [2.24, 2.45) is 0 Å². The third-order valence-electron chi connectivity index (χ3n) is 3.37. The molecule has 0 bridgehead atoms. The predicted molar refractivity (Wildman–Crippen MR) is 80.1 cm³/mol. The lowest BCUT2D eigenvalue weighted by Gasteiger charge is -2.26. The molecular weight excluding hydrogens is 306 g/mol. The highest BCUT2D eigenvalue weighted by atomic mass is 32.2. The standard InChI is InChI=1S/C14H17N3O4S/c18-22(19,17-5-8-20-9-6-17)16-11-12-3-4-13(15-10-12)14-2-1-7-21-14/h1-4,7,10,16H,5-6,8-9,11H2. The lowest BCUT2D eigenvalue weighted by Crippen LogP contribution is -2.46. The minimum absolute atomic E-state index is 0.200. The zero-order chi connectivity index (χ0) is 15.4. The van der Waals surface area contributed by atoms with Crippen molar-refractivity contribution < 1.29 is 17.6 Å². The molecule has 1 aliphatic rings. The number of nitrogens with zero attached hydrogens (tertiary/aromatic N) is 2. The van der Waals surface area contributed by atoms with Gasteiger partial charge in [-0.3, -0.25) is 4.98 Å². The summed E-state index contributed by atoms with van der Waals surface area (Å²) in [7, 11) is -3.48. The van der Waals surface area contributed by atoms with Crippen LogP contribution in [0.5, 0.6) is 0 Å². The molecule has 0 spiro atoms. The largest absolute Gasteiger partial charge is 0.463 e. The normalized spacial score (nSPS) is 16.7. The maximum Gasteiger partial charge on any atom is 0.279 e. The number of nitrogens with one attached hydrogen (secondary N) is 1. The van der Waals surface area contributed by atoms with E-state index in [1.165, 1.54) is 4.31 Å². The number of hydrogen-bond donors (Lipinski definition) is 1. The van der Waals surface area contributed by atoms with Crippen molar-refractivity contribution in [2.75, 3.05) is 26.3 Å². The van der Waals surface area contributed by atoms with Crippen LogP contribution in [0.3, 0.4) is 0 Å². The number of furan rings is 1. The van der Waals surface area contributed by atoms with Gasteiger partial charge in [0, 0.05) is 25.8 Å². The Morgan fingerprint density at radius 3 is 2.68 bits per heavy atom. The Labute approximate surface area is 129 Å². The van der Waals surface area contributed by atoms with Gasteiger partial charge in [0.25, 0.3) is 10.2 Å². The van der Waals surface area contributed by atoms with E-state index >= 15 is 0 Å². The van der Waals surface area contributed by atoms with Crippen LogP contribution in [-0.2, 0) is 21.5 Å². The molecule has 1 fully saturated rings. The summed E-state index contributed by atoms with van der Waals surface area (Å²) in [6, 6.07) is 7.24. The van der Waals surface area contributed by atoms with E-state index in [0.717, 1.165) is 5.56 Å². The zero-order valence-electron chi connectivity index (χ0n) is 11.9. The smallest absolute Gasteiger partial charge is 0.279 e. The van der Waals surface area contributed by atoms with Gasteiger partial charge in [-0.2, -0.15) is 17.4 Å². The van der Waals surface area contributed by atoms with Crippen molar-refractivity contribution in [2.45, 2.75) is 6.54 Å². The van der Waals surface area contributed by atoms with Crippen LogP contribution in [0.4, 0.5) is 0 Å². The van der Waals surface area contributed by atoms with E-state index in [-0.39, 0.29) is 6.54 Å². The molecule has 0 amide bonds. The third kappa shape index (κ3) is 3.53. The van der Waals surface area contributed by atoms with Gasteiger partial charge >= 0.3 is 0 Å². The number of hydrogen-bond acceptors (Lipinski definition) is 5. The second-order valence-electron chi connectivity index (χ2n) is 4.87. The monoisotopic (exact) mass is 323 g/mol. The molecule has 0 atom stereocenters. The van der Waals surface area contributed by atoms with Crippen molar-refractivity contribution in [3.05, 3.63) is 42.3 Å². The van der Waals surface area contributed by atoms with E-state index in [4.69, 9.17) is 9.15 Å². The molecule has 2 aromatic heterocycles. The van der Waals surface area contributed by atoms with Gasteiger partial charge in [-0.25, -0.2) is 0 Å². The van der Waals surface area contributed by atoms with Crippen molar-refractivity contribution in [3.63, 3.8) is 0 Å². The lowest BCUT2D eigenvalue weighted by molar-refractivity contribution is 0.0725. The molecular formula is C14H17N3O4S. The van der Waals surface area contributed by atoms with Gasteiger partial charge in [-0.05, 0) is 23.8 Å². The fourth-order valence-corrected chi connectivity index (χ4v) is 3.31. The predicted octanol–water partition coefficient (Wildman–Crippen LogP) is 1.01. The molecule has 7 nitrogen and oxygen atoms in total. The van der Waals surface area contributed by atoms with Crippen LogP contribution in [0, 0.1) is 0 Å². The maximum atomic E-state index is 12.1. The molecule has 0 aliphatic carbocycles.